The highest BCUT2D eigenvalue weighted by atomic mass is 32.2. The molecule has 0 aromatic heterocycles. The highest BCUT2D eigenvalue weighted by Crippen LogP contribution is 2.25. The summed E-state index contributed by atoms with van der Waals surface area (Å²) < 4.78 is 0. The normalized spacial score (nSPS) is 16.7. The van der Waals surface area contributed by atoms with E-state index in [1.54, 1.807) is 12.1 Å². The van der Waals surface area contributed by atoms with E-state index in [1.165, 1.54) is 17.8 Å². The highest BCUT2D eigenvalue weighted by molar-refractivity contribution is 7.98. The van der Waals surface area contributed by atoms with Gasteiger partial charge in [-0.25, -0.2) is 0 Å². The third-order valence-corrected chi connectivity index (χ3v) is 4.42. The molecule has 6 nitrogen and oxygen atoms in total. The second kappa shape index (κ2) is 6.91. The Morgan fingerprint density at radius 1 is 1.43 bits per heavy atom. The number of nitro groups is 1. The van der Waals surface area contributed by atoms with Crippen molar-refractivity contribution in [3.63, 3.8) is 0 Å². The molecule has 0 radical (unpaired) electrons. The zero-order chi connectivity index (χ0) is 15.4. The molecule has 0 aliphatic carbocycles. The SMILES string of the molecule is CSc1ccc([N+](=O)[O-])c(C(=O)NC2CCN(C)CC2)c1. The van der Waals surface area contributed by atoms with Gasteiger partial charge in [0.15, 0.2) is 0 Å². The molecule has 21 heavy (non-hydrogen) atoms. The Labute approximate surface area is 128 Å². The van der Waals surface area contributed by atoms with Crippen molar-refractivity contribution in [2.75, 3.05) is 26.4 Å². The monoisotopic (exact) mass is 309 g/mol. The van der Waals surface area contributed by atoms with E-state index in [-0.39, 0.29) is 23.2 Å². The molecule has 0 bridgehead atoms. The topological polar surface area (TPSA) is 75.5 Å². The van der Waals surface area contributed by atoms with Crippen LogP contribution < -0.4 is 5.32 Å². The Hall–Kier alpha value is -1.60. The van der Waals surface area contributed by atoms with Gasteiger partial charge in [0.1, 0.15) is 5.56 Å². The number of nitrogens with zero attached hydrogens (tertiary/aromatic N) is 2. The average molecular weight is 309 g/mol. The van der Waals surface area contributed by atoms with Crippen molar-refractivity contribution in [3.8, 4) is 0 Å². The van der Waals surface area contributed by atoms with Gasteiger partial charge in [-0.1, -0.05) is 0 Å². The maximum atomic E-state index is 12.3. The number of carbonyl (C=O) groups excluding carboxylic acids is 1. The summed E-state index contributed by atoms with van der Waals surface area (Å²) in [4.78, 5) is 26.0. The van der Waals surface area contributed by atoms with E-state index < -0.39 is 4.92 Å². The minimum absolute atomic E-state index is 0.0891. The fourth-order valence-electron chi connectivity index (χ4n) is 2.40. The number of piperidine rings is 1. The number of hydrogen-bond acceptors (Lipinski definition) is 5. The maximum absolute atomic E-state index is 12.3. The van der Waals surface area contributed by atoms with E-state index in [0.29, 0.717) is 0 Å². The van der Waals surface area contributed by atoms with Crippen LogP contribution in [0.1, 0.15) is 23.2 Å². The number of amides is 1. The maximum Gasteiger partial charge on any atom is 0.282 e. The Morgan fingerprint density at radius 3 is 2.67 bits per heavy atom. The standard InChI is InChI=1S/C14H19N3O3S/c1-16-7-5-10(6-8-16)15-14(18)12-9-11(21-2)3-4-13(12)17(19)20/h3-4,9-10H,5-8H2,1-2H3,(H,15,18). The molecule has 7 heteroatoms. The van der Waals surface area contributed by atoms with Crippen molar-refractivity contribution in [1.29, 1.82) is 0 Å². The van der Waals surface area contributed by atoms with E-state index in [2.05, 4.69) is 10.2 Å². The minimum Gasteiger partial charge on any atom is -0.349 e. The van der Waals surface area contributed by atoms with Crippen LogP contribution in [0.25, 0.3) is 0 Å². The third-order valence-electron chi connectivity index (χ3n) is 3.70. The molecule has 1 N–H and O–H groups in total. The van der Waals surface area contributed by atoms with E-state index in [9.17, 15) is 14.9 Å². The van der Waals surface area contributed by atoms with Crippen LogP contribution in [-0.2, 0) is 0 Å². The molecule has 1 aromatic carbocycles. The van der Waals surface area contributed by atoms with Gasteiger partial charge < -0.3 is 10.2 Å². The first-order valence-electron chi connectivity index (χ1n) is 6.83. The van der Waals surface area contributed by atoms with Gasteiger partial charge in [-0.2, -0.15) is 0 Å². The number of nitro benzene ring substituents is 1. The predicted octanol–water partition coefficient (Wildman–Crippen LogP) is 2.14. The molecular formula is C14H19N3O3S. The summed E-state index contributed by atoms with van der Waals surface area (Å²) in [7, 11) is 2.05. The zero-order valence-electron chi connectivity index (χ0n) is 12.2. The molecule has 1 aromatic rings. The Bertz CT molecular complexity index is 542. The van der Waals surface area contributed by atoms with Gasteiger partial charge in [0.25, 0.3) is 11.6 Å². The number of hydrogen-bond donors (Lipinski definition) is 1. The molecule has 114 valence electrons. The summed E-state index contributed by atoms with van der Waals surface area (Å²) in [6, 6.07) is 4.74. The molecule has 0 atom stereocenters. The van der Waals surface area contributed by atoms with Gasteiger partial charge in [0.05, 0.1) is 4.92 Å². The molecule has 0 saturated carbocycles. The zero-order valence-corrected chi connectivity index (χ0v) is 13.0. The first kappa shape index (κ1) is 15.8. The van der Waals surface area contributed by atoms with Crippen LogP contribution in [0.3, 0.4) is 0 Å². The lowest BCUT2D eigenvalue weighted by Gasteiger charge is -2.29. The van der Waals surface area contributed by atoms with Gasteiger partial charge in [0.2, 0.25) is 0 Å². The summed E-state index contributed by atoms with van der Waals surface area (Å²) in [6.45, 7) is 1.86. The molecule has 0 unspecified atom stereocenters. The molecule has 1 fully saturated rings. The largest absolute Gasteiger partial charge is 0.349 e. The fourth-order valence-corrected chi connectivity index (χ4v) is 2.84. The number of benzene rings is 1. The van der Waals surface area contributed by atoms with Gasteiger partial charge >= 0.3 is 0 Å². The predicted molar refractivity (Wildman–Crippen MR) is 82.9 cm³/mol. The lowest BCUT2D eigenvalue weighted by molar-refractivity contribution is -0.385. The molecule has 2 rings (SSSR count). The summed E-state index contributed by atoms with van der Waals surface area (Å²) in [5.41, 5.74) is 0.00371. The van der Waals surface area contributed by atoms with Crippen molar-refractivity contribution in [1.82, 2.24) is 10.2 Å². The minimum atomic E-state index is -0.506. The van der Waals surface area contributed by atoms with E-state index >= 15 is 0 Å². The summed E-state index contributed by atoms with van der Waals surface area (Å²) in [5, 5.41) is 14.0. The Morgan fingerprint density at radius 2 is 2.10 bits per heavy atom. The molecular weight excluding hydrogens is 290 g/mol. The molecule has 1 saturated heterocycles. The van der Waals surface area contributed by atoms with Gasteiger partial charge in [-0.05, 0) is 51.4 Å². The highest BCUT2D eigenvalue weighted by Gasteiger charge is 2.24. The van der Waals surface area contributed by atoms with Crippen LogP contribution in [-0.4, -0.2) is 48.2 Å². The van der Waals surface area contributed by atoms with Crippen LogP contribution in [0.4, 0.5) is 5.69 Å². The van der Waals surface area contributed by atoms with Gasteiger partial charge in [-0.3, -0.25) is 14.9 Å². The first-order valence-corrected chi connectivity index (χ1v) is 8.05. The van der Waals surface area contributed by atoms with Crippen molar-refractivity contribution in [2.24, 2.45) is 0 Å². The number of thioether (sulfide) groups is 1. The third kappa shape index (κ3) is 3.95. The number of nitrogens with one attached hydrogen (secondary N) is 1. The number of carbonyl (C=O) groups is 1. The van der Waals surface area contributed by atoms with E-state index in [1.807, 2.05) is 13.3 Å². The lowest BCUT2D eigenvalue weighted by atomic mass is 10.0. The first-order chi connectivity index (χ1) is 10.0. The second-order valence-electron chi connectivity index (χ2n) is 5.19. The van der Waals surface area contributed by atoms with Crippen LogP contribution in [0, 0.1) is 10.1 Å². The van der Waals surface area contributed by atoms with Crippen molar-refractivity contribution in [3.05, 3.63) is 33.9 Å². The van der Waals surface area contributed by atoms with Crippen LogP contribution >= 0.6 is 11.8 Å². The molecule has 0 spiro atoms. The van der Waals surface area contributed by atoms with Crippen LogP contribution in [0.2, 0.25) is 0 Å². The van der Waals surface area contributed by atoms with Gasteiger partial charge in [-0.15, -0.1) is 11.8 Å². The Balaban J connectivity index is 2.15. The van der Waals surface area contributed by atoms with Crippen LogP contribution in [0.15, 0.2) is 23.1 Å². The van der Waals surface area contributed by atoms with Crippen LogP contribution in [0.5, 0.6) is 0 Å². The summed E-state index contributed by atoms with van der Waals surface area (Å²) >= 11 is 1.46. The van der Waals surface area contributed by atoms with Crippen molar-refractivity contribution in [2.45, 2.75) is 23.8 Å². The smallest absolute Gasteiger partial charge is 0.282 e. The molecule has 1 aliphatic heterocycles. The second-order valence-corrected chi connectivity index (χ2v) is 6.07. The van der Waals surface area contributed by atoms with E-state index in [4.69, 9.17) is 0 Å². The summed E-state index contributed by atoms with van der Waals surface area (Å²) in [6.07, 6.45) is 3.62. The van der Waals surface area contributed by atoms with Crippen molar-refractivity contribution < 1.29 is 9.72 Å². The lowest BCUT2D eigenvalue weighted by Crippen LogP contribution is -2.43. The quantitative estimate of drug-likeness (QED) is 0.524. The molecule has 1 aliphatic rings. The number of likely N-dealkylation sites (tertiary alicyclic amines) is 1. The molecule has 1 amide bonds. The van der Waals surface area contributed by atoms with E-state index in [0.717, 1.165) is 30.8 Å². The average Bonchev–Trinajstić information content (AvgIpc) is 2.48. The van der Waals surface area contributed by atoms with Crippen molar-refractivity contribution >= 4 is 23.4 Å². The summed E-state index contributed by atoms with van der Waals surface area (Å²) in [5.74, 6) is -0.354. The molecule has 1 heterocycles. The Kier molecular flexibility index (Phi) is 5.19. The van der Waals surface area contributed by atoms with Gasteiger partial charge in [0, 0.05) is 17.0 Å². The fraction of sp³-hybridized carbons (Fsp3) is 0.500. The number of rotatable bonds is 4.